The molecule has 6 nitrogen and oxygen atoms in total. The molecule has 0 saturated carbocycles. The second kappa shape index (κ2) is 5.81. The van der Waals surface area contributed by atoms with Gasteiger partial charge in [-0.3, -0.25) is 19.4 Å². The summed E-state index contributed by atoms with van der Waals surface area (Å²) in [6.45, 7) is 5.00. The number of rotatable bonds is 4. The molecule has 1 aromatic heterocycles. The van der Waals surface area contributed by atoms with E-state index in [-0.39, 0.29) is 19.3 Å². The maximum atomic E-state index is 12.2. The fourth-order valence-corrected chi connectivity index (χ4v) is 4.16. The summed E-state index contributed by atoms with van der Waals surface area (Å²) < 4.78 is 0. The van der Waals surface area contributed by atoms with Crippen molar-refractivity contribution < 1.29 is 14.4 Å². The van der Waals surface area contributed by atoms with Crippen LogP contribution in [-0.2, 0) is 16.0 Å². The minimum absolute atomic E-state index is 0.188. The predicted octanol–water partition coefficient (Wildman–Crippen LogP) is 1.83. The monoisotopic (exact) mass is 321 g/mol. The van der Waals surface area contributed by atoms with Crippen LogP contribution in [0.3, 0.4) is 0 Å². The van der Waals surface area contributed by atoms with Crippen molar-refractivity contribution in [1.29, 1.82) is 0 Å². The highest BCUT2D eigenvalue weighted by atomic mass is 32.1. The predicted molar refractivity (Wildman–Crippen MR) is 82.3 cm³/mol. The molecule has 1 atom stereocenters. The van der Waals surface area contributed by atoms with Crippen molar-refractivity contribution >= 4 is 29.2 Å². The molecule has 7 heteroatoms. The summed E-state index contributed by atoms with van der Waals surface area (Å²) in [4.78, 5) is 41.6. The number of thiophene rings is 1. The second-order valence-electron chi connectivity index (χ2n) is 5.49. The van der Waals surface area contributed by atoms with Gasteiger partial charge in [0, 0.05) is 24.0 Å². The Hall–Kier alpha value is -1.73. The van der Waals surface area contributed by atoms with E-state index in [4.69, 9.17) is 0 Å². The smallest absolute Gasteiger partial charge is 0.278 e. The zero-order valence-corrected chi connectivity index (χ0v) is 13.6. The number of amides is 4. The van der Waals surface area contributed by atoms with Crippen molar-refractivity contribution in [2.75, 3.05) is 19.8 Å². The Morgan fingerprint density at radius 1 is 1.18 bits per heavy atom. The normalized spacial score (nSPS) is 22.6. The molecule has 118 valence electrons. The van der Waals surface area contributed by atoms with Crippen LogP contribution in [0.25, 0.3) is 0 Å². The van der Waals surface area contributed by atoms with Gasteiger partial charge >= 0.3 is 17.8 Å². The van der Waals surface area contributed by atoms with Gasteiger partial charge in [-0.1, -0.05) is 6.92 Å². The molecule has 0 radical (unpaired) electrons. The number of carbonyl (C=O) groups excluding carboxylic acids is 3. The molecule has 3 rings (SSSR count). The van der Waals surface area contributed by atoms with E-state index < -0.39 is 17.8 Å². The fourth-order valence-electron chi connectivity index (χ4n) is 3.23. The van der Waals surface area contributed by atoms with Crippen LogP contribution in [0.15, 0.2) is 11.4 Å². The zero-order chi connectivity index (χ0) is 15.9. The van der Waals surface area contributed by atoms with Crippen LogP contribution in [0.2, 0.25) is 0 Å². The lowest BCUT2D eigenvalue weighted by molar-refractivity contribution is -0.144. The van der Waals surface area contributed by atoms with Crippen LogP contribution < -0.4 is 0 Å². The summed E-state index contributed by atoms with van der Waals surface area (Å²) in [5, 5.41) is 2.09. The van der Waals surface area contributed by atoms with Gasteiger partial charge < -0.3 is 0 Å². The number of hydrogen-bond acceptors (Lipinski definition) is 5. The SMILES string of the molecule is CC[C@@H]1c2ccsc2CCN1CN1C(=O)C(=O)N(CC)C1=O. The van der Waals surface area contributed by atoms with Gasteiger partial charge in [-0.15, -0.1) is 11.3 Å². The quantitative estimate of drug-likeness (QED) is 0.627. The van der Waals surface area contributed by atoms with Crippen molar-refractivity contribution in [1.82, 2.24) is 14.7 Å². The van der Waals surface area contributed by atoms with E-state index in [0.29, 0.717) is 0 Å². The first-order valence-corrected chi connectivity index (χ1v) is 8.44. The summed E-state index contributed by atoms with van der Waals surface area (Å²) in [5.41, 5.74) is 1.29. The van der Waals surface area contributed by atoms with Gasteiger partial charge in [0.05, 0.1) is 6.67 Å². The number of fused-ring (bicyclic) bond motifs is 1. The highest BCUT2D eigenvalue weighted by Crippen LogP contribution is 2.35. The molecule has 0 bridgehead atoms. The van der Waals surface area contributed by atoms with Crippen LogP contribution in [0.1, 0.15) is 36.8 Å². The molecular weight excluding hydrogens is 302 g/mol. The second-order valence-corrected chi connectivity index (χ2v) is 6.49. The fraction of sp³-hybridized carbons (Fsp3) is 0.533. The van der Waals surface area contributed by atoms with Crippen LogP contribution in [0, 0.1) is 0 Å². The molecule has 1 aromatic rings. The average Bonchev–Trinajstić information content (AvgIpc) is 3.06. The molecule has 4 amide bonds. The Balaban J connectivity index is 1.80. The third-order valence-electron chi connectivity index (χ3n) is 4.37. The summed E-state index contributed by atoms with van der Waals surface area (Å²) in [5.74, 6) is -1.42. The van der Waals surface area contributed by atoms with Crippen molar-refractivity contribution in [2.45, 2.75) is 32.7 Å². The largest absolute Gasteiger partial charge is 0.335 e. The molecule has 1 fully saturated rings. The van der Waals surface area contributed by atoms with E-state index in [1.807, 2.05) is 0 Å². The third kappa shape index (κ3) is 2.24. The highest BCUT2D eigenvalue weighted by Gasteiger charge is 2.45. The van der Waals surface area contributed by atoms with E-state index >= 15 is 0 Å². The number of hydrogen-bond donors (Lipinski definition) is 0. The maximum Gasteiger partial charge on any atom is 0.335 e. The molecule has 0 unspecified atom stereocenters. The summed E-state index contributed by atoms with van der Waals surface area (Å²) in [6, 6.07) is 1.82. The molecule has 0 aromatic carbocycles. The third-order valence-corrected chi connectivity index (χ3v) is 5.36. The number of nitrogens with zero attached hydrogens (tertiary/aromatic N) is 3. The lowest BCUT2D eigenvalue weighted by Crippen LogP contribution is -2.45. The molecular formula is C15H19N3O3S. The standard InChI is InChI=1S/C15H19N3O3S/c1-3-11-10-6-8-22-12(10)5-7-16(11)9-18-14(20)13(19)17(4-2)15(18)21/h6,8,11H,3-5,7,9H2,1-2H3/t11-/m1/s1. The maximum absolute atomic E-state index is 12.2. The zero-order valence-electron chi connectivity index (χ0n) is 12.7. The van der Waals surface area contributed by atoms with Crippen molar-refractivity contribution in [2.24, 2.45) is 0 Å². The summed E-state index contributed by atoms with van der Waals surface area (Å²) in [7, 11) is 0. The van der Waals surface area contributed by atoms with E-state index in [1.54, 1.807) is 18.3 Å². The van der Waals surface area contributed by atoms with Gasteiger partial charge in [0.2, 0.25) is 0 Å². The van der Waals surface area contributed by atoms with Gasteiger partial charge in [-0.25, -0.2) is 9.69 Å². The van der Waals surface area contributed by atoms with Gasteiger partial charge in [0.15, 0.2) is 0 Å². The van der Waals surface area contributed by atoms with Crippen LogP contribution in [-0.4, -0.2) is 52.3 Å². The molecule has 0 aliphatic carbocycles. The molecule has 0 N–H and O–H groups in total. The first-order valence-electron chi connectivity index (χ1n) is 7.56. The van der Waals surface area contributed by atoms with Crippen molar-refractivity contribution in [3.05, 3.63) is 21.9 Å². The topological polar surface area (TPSA) is 60.9 Å². The lowest BCUT2D eigenvalue weighted by atomic mass is 9.98. The summed E-state index contributed by atoms with van der Waals surface area (Å²) in [6.07, 6.45) is 1.83. The van der Waals surface area contributed by atoms with Gasteiger partial charge in [0.1, 0.15) is 0 Å². The lowest BCUT2D eigenvalue weighted by Gasteiger charge is -2.36. The van der Waals surface area contributed by atoms with Gasteiger partial charge in [0.25, 0.3) is 0 Å². The Labute approximate surface area is 133 Å². The average molecular weight is 321 g/mol. The van der Waals surface area contributed by atoms with Gasteiger partial charge in [-0.2, -0.15) is 0 Å². The molecule has 3 heterocycles. The Bertz CT molecular complexity index is 627. The van der Waals surface area contributed by atoms with Crippen molar-refractivity contribution in [3.63, 3.8) is 0 Å². The number of urea groups is 1. The Morgan fingerprint density at radius 3 is 2.55 bits per heavy atom. The van der Waals surface area contributed by atoms with Crippen LogP contribution in [0.5, 0.6) is 0 Å². The first-order chi connectivity index (χ1) is 10.6. The molecule has 2 aliphatic rings. The molecule has 0 spiro atoms. The number of carbonyl (C=O) groups is 3. The van der Waals surface area contributed by atoms with E-state index in [2.05, 4.69) is 23.3 Å². The Kier molecular flexibility index (Phi) is 4.01. The summed E-state index contributed by atoms with van der Waals surface area (Å²) >= 11 is 1.76. The number of likely N-dealkylation sites (N-methyl/N-ethyl adjacent to an activating group) is 1. The van der Waals surface area contributed by atoms with Crippen molar-refractivity contribution in [3.8, 4) is 0 Å². The van der Waals surface area contributed by atoms with E-state index in [0.717, 1.165) is 29.2 Å². The molecule has 2 aliphatic heterocycles. The Morgan fingerprint density at radius 2 is 1.91 bits per heavy atom. The van der Waals surface area contributed by atoms with Crippen LogP contribution >= 0.6 is 11.3 Å². The first kappa shape index (κ1) is 15.2. The van der Waals surface area contributed by atoms with E-state index in [9.17, 15) is 14.4 Å². The minimum atomic E-state index is -0.714. The molecule has 1 saturated heterocycles. The van der Waals surface area contributed by atoms with E-state index in [1.165, 1.54) is 10.4 Å². The molecule has 22 heavy (non-hydrogen) atoms. The van der Waals surface area contributed by atoms with Gasteiger partial charge in [-0.05, 0) is 36.8 Å². The number of imide groups is 2. The minimum Gasteiger partial charge on any atom is -0.278 e. The highest BCUT2D eigenvalue weighted by molar-refractivity contribution is 7.10. The van der Waals surface area contributed by atoms with Crippen LogP contribution in [0.4, 0.5) is 4.79 Å².